The summed E-state index contributed by atoms with van der Waals surface area (Å²) >= 11 is 0. The quantitative estimate of drug-likeness (QED) is 0.526. The Kier molecular flexibility index (Phi) is 8.88. The molecule has 8 heteroatoms. The number of aromatic nitrogens is 1. The largest absolute Gasteiger partial charge is 0.466 e. The van der Waals surface area contributed by atoms with E-state index in [0.29, 0.717) is 36.9 Å². The number of nitrogens with one attached hydrogen (secondary N) is 1. The molecule has 1 N–H and O–H groups in total. The number of amides is 1. The Morgan fingerprint density at radius 1 is 1.11 bits per heavy atom. The Hall–Kier alpha value is -2.61. The number of hydrogen-bond donors (Lipinski definition) is 1. The maximum Gasteiger partial charge on any atom is 0.417 e. The summed E-state index contributed by atoms with van der Waals surface area (Å²) in [5, 5.41) is 0. The van der Waals surface area contributed by atoms with Gasteiger partial charge in [-0.3, -0.25) is 14.6 Å². The molecule has 0 unspecified atom stereocenters. The third-order valence-electron chi connectivity index (χ3n) is 8.00. The van der Waals surface area contributed by atoms with Crippen LogP contribution in [0.15, 0.2) is 21.3 Å². The van der Waals surface area contributed by atoms with Crippen molar-refractivity contribution in [2.45, 2.75) is 65.7 Å². The summed E-state index contributed by atoms with van der Waals surface area (Å²) in [4.78, 5) is 43.6. The van der Waals surface area contributed by atoms with Crippen LogP contribution in [0.3, 0.4) is 0 Å². The number of aryl methyl sites for hydroxylation is 1. The predicted octanol–water partition coefficient (Wildman–Crippen LogP) is 3.90. The monoisotopic (exact) mass is 499 g/mol. The molecule has 0 aliphatic carbocycles. The predicted molar refractivity (Wildman–Crippen MR) is 139 cm³/mol. The minimum absolute atomic E-state index is 0.0861. The van der Waals surface area contributed by atoms with Crippen molar-refractivity contribution in [3.63, 3.8) is 0 Å². The molecule has 0 spiro atoms. The lowest BCUT2D eigenvalue weighted by atomic mass is 9.78. The van der Waals surface area contributed by atoms with Crippen LogP contribution in [0, 0.1) is 24.7 Å². The number of hydrogen-bond acceptors (Lipinski definition) is 6. The fraction of sp³-hybridized carbons (Fsp3) is 0.679. The number of rotatable bonds is 9. The number of oxazole rings is 1. The Morgan fingerprint density at radius 2 is 1.78 bits per heavy atom. The number of carbonyl (C=O) groups excluding carboxylic acids is 2. The molecule has 8 nitrogen and oxygen atoms in total. The summed E-state index contributed by atoms with van der Waals surface area (Å²) in [7, 11) is 0. The zero-order chi connectivity index (χ0) is 25.7. The van der Waals surface area contributed by atoms with Gasteiger partial charge in [0.25, 0.3) is 0 Å². The smallest absolute Gasteiger partial charge is 0.417 e. The Balaban J connectivity index is 1.20. The lowest BCUT2D eigenvalue weighted by molar-refractivity contribution is -0.144. The van der Waals surface area contributed by atoms with Crippen molar-refractivity contribution in [2.24, 2.45) is 17.8 Å². The van der Waals surface area contributed by atoms with Crippen molar-refractivity contribution in [1.82, 2.24) is 14.8 Å². The highest BCUT2D eigenvalue weighted by atomic mass is 16.5. The maximum atomic E-state index is 13.2. The molecule has 0 radical (unpaired) electrons. The molecule has 1 aromatic carbocycles. The first-order chi connectivity index (χ1) is 17.3. The maximum absolute atomic E-state index is 13.2. The fourth-order valence-electron chi connectivity index (χ4n) is 5.94. The Labute approximate surface area is 213 Å². The second kappa shape index (κ2) is 12.1. The number of likely N-dealkylation sites (tertiary alicyclic amines) is 2. The van der Waals surface area contributed by atoms with Crippen LogP contribution < -0.4 is 5.76 Å². The third-order valence-corrected chi connectivity index (χ3v) is 8.00. The highest BCUT2D eigenvalue weighted by molar-refractivity contribution is 5.80. The molecular weight excluding hydrogens is 458 g/mol. The van der Waals surface area contributed by atoms with Crippen LogP contribution in [0.4, 0.5) is 0 Å². The average Bonchev–Trinajstić information content (AvgIpc) is 3.27. The molecular formula is C28H41N3O5. The number of esters is 1. The summed E-state index contributed by atoms with van der Waals surface area (Å²) in [6, 6.07) is 3.90. The first-order valence-corrected chi connectivity index (χ1v) is 13.6. The molecule has 1 amide bonds. The first kappa shape index (κ1) is 26.5. The number of nitrogens with zero attached hydrogens (tertiary/aromatic N) is 2. The van der Waals surface area contributed by atoms with Gasteiger partial charge in [0.05, 0.1) is 18.5 Å². The van der Waals surface area contributed by atoms with Crippen molar-refractivity contribution < 1.29 is 18.7 Å². The van der Waals surface area contributed by atoms with E-state index in [2.05, 4.69) is 9.88 Å². The molecule has 1 atom stereocenters. The number of benzene rings is 1. The second-order valence-corrected chi connectivity index (χ2v) is 10.7. The van der Waals surface area contributed by atoms with E-state index < -0.39 is 5.76 Å². The Morgan fingerprint density at radius 3 is 2.44 bits per heavy atom. The summed E-state index contributed by atoms with van der Waals surface area (Å²) in [6.45, 7) is 11.0. The molecule has 36 heavy (non-hydrogen) atoms. The molecule has 1 aromatic heterocycles. The van der Waals surface area contributed by atoms with E-state index in [1.807, 2.05) is 37.8 Å². The van der Waals surface area contributed by atoms with Gasteiger partial charge in [-0.25, -0.2) is 4.79 Å². The van der Waals surface area contributed by atoms with Crippen LogP contribution in [0.5, 0.6) is 0 Å². The van der Waals surface area contributed by atoms with Crippen molar-refractivity contribution in [2.75, 3.05) is 39.3 Å². The highest BCUT2D eigenvalue weighted by Crippen LogP contribution is 2.33. The van der Waals surface area contributed by atoms with Crippen LogP contribution in [-0.2, 0) is 20.7 Å². The molecule has 2 fully saturated rings. The van der Waals surface area contributed by atoms with Crippen LogP contribution in [0.2, 0.25) is 0 Å². The summed E-state index contributed by atoms with van der Waals surface area (Å²) in [6.07, 6.45) is 6.49. The van der Waals surface area contributed by atoms with E-state index in [9.17, 15) is 14.4 Å². The van der Waals surface area contributed by atoms with Crippen LogP contribution >= 0.6 is 0 Å². The van der Waals surface area contributed by atoms with E-state index in [1.54, 1.807) is 0 Å². The number of aromatic amines is 1. The standard InChI is InChI=1S/C28H41N3O5/c1-4-15-35-25(32)9-12-30-10-5-22(6-11-30)23-7-13-31(14-8-23)27(33)20(3)17-21-16-19(2)26-24(18-21)36-28(34)29-26/h16,18,20,22-23H,4-15,17H2,1-3H3,(H,29,34)/t20-/m1/s1. The van der Waals surface area contributed by atoms with Crippen molar-refractivity contribution in [1.29, 1.82) is 0 Å². The zero-order valence-corrected chi connectivity index (χ0v) is 22.0. The fourth-order valence-corrected chi connectivity index (χ4v) is 5.94. The molecule has 2 saturated heterocycles. The minimum atomic E-state index is -0.449. The molecule has 2 aliphatic heterocycles. The van der Waals surface area contributed by atoms with E-state index in [0.717, 1.165) is 68.6 Å². The van der Waals surface area contributed by atoms with E-state index in [1.165, 1.54) is 12.8 Å². The summed E-state index contributed by atoms with van der Waals surface area (Å²) in [5.74, 6) is 0.964. The second-order valence-electron chi connectivity index (χ2n) is 10.7. The summed E-state index contributed by atoms with van der Waals surface area (Å²) < 4.78 is 10.4. The van der Waals surface area contributed by atoms with Gasteiger partial charge in [0.1, 0.15) is 0 Å². The van der Waals surface area contributed by atoms with Gasteiger partial charge in [-0.15, -0.1) is 0 Å². The zero-order valence-electron chi connectivity index (χ0n) is 22.0. The summed E-state index contributed by atoms with van der Waals surface area (Å²) in [5.41, 5.74) is 3.25. The van der Waals surface area contributed by atoms with Gasteiger partial charge in [-0.05, 0) is 87.6 Å². The van der Waals surface area contributed by atoms with Crippen molar-refractivity contribution in [3.8, 4) is 0 Å². The van der Waals surface area contributed by atoms with E-state index >= 15 is 0 Å². The number of fused-ring (bicyclic) bond motifs is 1. The molecule has 0 saturated carbocycles. The van der Waals surface area contributed by atoms with Gasteiger partial charge in [0.2, 0.25) is 5.91 Å². The van der Waals surface area contributed by atoms with Gasteiger partial charge < -0.3 is 19.0 Å². The molecule has 3 heterocycles. The lowest BCUT2D eigenvalue weighted by Gasteiger charge is -2.40. The molecule has 0 bridgehead atoms. The normalized spacial score (nSPS) is 19.0. The number of ether oxygens (including phenoxy) is 1. The van der Waals surface area contributed by atoms with Crippen LogP contribution in [0.25, 0.3) is 11.1 Å². The SMILES string of the molecule is CCCOC(=O)CCN1CCC(C2CCN(C(=O)[C@H](C)Cc3cc(C)c4[nH]c(=O)oc4c3)CC2)CC1. The van der Waals surface area contributed by atoms with Gasteiger partial charge in [-0.2, -0.15) is 0 Å². The average molecular weight is 500 g/mol. The number of carbonyl (C=O) groups is 2. The highest BCUT2D eigenvalue weighted by Gasteiger charge is 2.32. The van der Waals surface area contributed by atoms with Crippen molar-refractivity contribution >= 4 is 23.0 Å². The molecule has 4 rings (SSSR count). The number of piperidine rings is 2. The van der Waals surface area contributed by atoms with E-state index in [4.69, 9.17) is 9.15 Å². The van der Waals surface area contributed by atoms with Gasteiger partial charge in [0.15, 0.2) is 5.58 Å². The minimum Gasteiger partial charge on any atom is -0.466 e. The van der Waals surface area contributed by atoms with Crippen LogP contribution in [0.1, 0.15) is 63.5 Å². The van der Waals surface area contributed by atoms with Gasteiger partial charge in [0, 0.05) is 25.6 Å². The molecule has 2 aromatic rings. The van der Waals surface area contributed by atoms with Gasteiger partial charge >= 0.3 is 11.7 Å². The third kappa shape index (κ3) is 6.58. The first-order valence-electron chi connectivity index (χ1n) is 13.6. The topological polar surface area (TPSA) is 95.9 Å². The Bertz CT molecular complexity index is 1090. The molecule has 2 aliphatic rings. The van der Waals surface area contributed by atoms with E-state index in [-0.39, 0.29) is 17.8 Å². The molecule has 198 valence electrons. The lowest BCUT2D eigenvalue weighted by Crippen LogP contribution is -2.44. The van der Waals surface area contributed by atoms with Gasteiger partial charge in [-0.1, -0.05) is 19.9 Å². The van der Waals surface area contributed by atoms with Crippen molar-refractivity contribution in [3.05, 3.63) is 33.8 Å². The van der Waals surface area contributed by atoms with Crippen LogP contribution in [-0.4, -0.2) is 66.0 Å². The number of H-pyrrole nitrogens is 1.